The van der Waals surface area contributed by atoms with Gasteiger partial charge in [-0.3, -0.25) is 4.79 Å². The van der Waals surface area contributed by atoms with E-state index in [1.54, 1.807) is 32.4 Å². The van der Waals surface area contributed by atoms with Crippen LogP contribution in [0.2, 0.25) is 0 Å². The van der Waals surface area contributed by atoms with Gasteiger partial charge >= 0.3 is 0 Å². The molecule has 1 fully saturated rings. The van der Waals surface area contributed by atoms with Crippen LogP contribution in [-0.2, 0) is 4.74 Å². The van der Waals surface area contributed by atoms with E-state index in [9.17, 15) is 4.79 Å². The largest absolute Gasteiger partial charge is 0.497 e. The maximum Gasteiger partial charge on any atom is 0.153 e. The maximum absolute atomic E-state index is 11.1. The zero-order chi connectivity index (χ0) is 13.7. The van der Waals surface area contributed by atoms with Gasteiger partial charge in [-0.05, 0) is 37.5 Å². The van der Waals surface area contributed by atoms with Crippen LogP contribution in [0.25, 0.3) is 0 Å². The number of carbonyl (C=O) groups excluding carboxylic acids is 1. The van der Waals surface area contributed by atoms with Gasteiger partial charge in [-0.2, -0.15) is 0 Å². The highest BCUT2D eigenvalue weighted by Crippen LogP contribution is 2.28. The topological polar surface area (TPSA) is 44.8 Å². The van der Waals surface area contributed by atoms with Crippen LogP contribution in [0.5, 0.6) is 11.5 Å². The molecule has 4 heteroatoms. The molecular weight excluding hydrogens is 244 g/mol. The number of hydrogen-bond acceptors (Lipinski definition) is 4. The SMILES string of the molecule is COc1ccc(OC2CCCC(OC)C2)c(C=O)c1. The zero-order valence-electron chi connectivity index (χ0n) is 11.4. The van der Waals surface area contributed by atoms with Crippen LogP contribution in [-0.4, -0.2) is 32.7 Å². The van der Waals surface area contributed by atoms with E-state index in [4.69, 9.17) is 14.2 Å². The van der Waals surface area contributed by atoms with Gasteiger partial charge < -0.3 is 14.2 Å². The minimum atomic E-state index is 0.116. The molecule has 0 spiro atoms. The number of rotatable bonds is 5. The third kappa shape index (κ3) is 3.47. The Morgan fingerprint density at radius 2 is 2.00 bits per heavy atom. The first-order valence-electron chi connectivity index (χ1n) is 6.59. The number of methoxy groups -OCH3 is 2. The lowest BCUT2D eigenvalue weighted by molar-refractivity contribution is 0.0208. The van der Waals surface area contributed by atoms with E-state index in [1.807, 2.05) is 0 Å². The molecule has 1 aliphatic carbocycles. The van der Waals surface area contributed by atoms with Crippen LogP contribution >= 0.6 is 0 Å². The quantitative estimate of drug-likeness (QED) is 0.767. The molecule has 2 unspecified atom stereocenters. The van der Waals surface area contributed by atoms with Crippen molar-refractivity contribution in [1.29, 1.82) is 0 Å². The molecule has 1 saturated carbocycles. The summed E-state index contributed by atoms with van der Waals surface area (Å²) < 4.78 is 16.4. The molecule has 0 radical (unpaired) electrons. The number of hydrogen-bond donors (Lipinski definition) is 0. The highest BCUT2D eigenvalue weighted by atomic mass is 16.5. The van der Waals surface area contributed by atoms with E-state index >= 15 is 0 Å². The number of benzene rings is 1. The molecule has 0 amide bonds. The van der Waals surface area contributed by atoms with Crippen LogP contribution in [0, 0.1) is 0 Å². The van der Waals surface area contributed by atoms with Gasteiger partial charge in [0.2, 0.25) is 0 Å². The molecule has 0 aromatic heterocycles. The molecule has 1 aromatic carbocycles. The molecule has 2 rings (SSSR count). The monoisotopic (exact) mass is 264 g/mol. The molecule has 1 aliphatic rings. The third-order valence-corrected chi connectivity index (χ3v) is 3.55. The van der Waals surface area contributed by atoms with Crippen molar-refractivity contribution in [3.63, 3.8) is 0 Å². The minimum Gasteiger partial charge on any atom is -0.497 e. The fourth-order valence-electron chi connectivity index (χ4n) is 2.46. The van der Waals surface area contributed by atoms with E-state index in [-0.39, 0.29) is 12.2 Å². The van der Waals surface area contributed by atoms with Crippen molar-refractivity contribution < 1.29 is 19.0 Å². The summed E-state index contributed by atoms with van der Waals surface area (Å²) in [5, 5.41) is 0. The molecule has 4 nitrogen and oxygen atoms in total. The molecule has 19 heavy (non-hydrogen) atoms. The van der Waals surface area contributed by atoms with E-state index in [0.29, 0.717) is 17.1 Å². The predicted molar refractivity (Wildman–Crippen MR) is 72.1 cm³/mol. The van der Waals surface area contributed by atoms with Gasteiger partial charge in [-0.1, -0.05) is 0 Å². The normalized spacial score (nSPS) is 22.8. The highest BCUT2D eigenvalue weighted by molar-refractivity contribution is 5.80. The molecule has 0 bridgehead atoms. The van der Waals surface area contributed by atoms with Crippen LogP contribution < -0.4 is 9.47 Å². The Hall–Kier alpha value is -1.55. The smallest absolute Gasteiger partial charge is 0.153 e. The third-order valence-electron chi connectivity index (χ3n) is 3.55. The first kappa shape index (κ1) is 13.9. The summed E-state index contributed by atoms with van der Waals surface area (Å²) in [6.07, 6.45) is 5.23. The predicted octanol–water partition coefficient (Wildman–Crippen LogP) is 2.84. The Morgan fingerprint density at radius 3 is 2.68 bits per heavy atom. The van der Waals surface area contributed by atoms with Crippen molar-refractivity contribution >= 4 is 6.29 Å². The summed E-state index contributed by atoms with van der Waals surface area (Å²) in [7, 11) is 3.31. The van der Waals surface area contributed by atoms with Crippen LogP contribution in [0.4, 0.5) is 0 Å². The fourth-order valence-corrected chi connectivity index (χ4v) is 2.46. The Morgan fingerprint density at radius 1 is 1.21 bits per heavy atom. The van der Waals surface area contributed by atoms with Gasteiger partial charge in [0, 0.05) is 13.5 Å². The molecule has 0 aliphatic heterocycles. The van der Waals surface area contributed by atoms with Crippen molar-refractivity contribution in [2.45, 2.75) is 37.9 Å². The first-order chi connectivity index (χ1) is 9.26. The summed E-state index contributed by atoms with van der Waals surface area (Å²) in [5.74, 6) is 1.28. The summed E-state index contributed by atoms with van der Waals surface area (Å²) in [5.41, 5.74) is 0.527. The second kappa shape index (κ2) is 6.57. The summed E-state index contributed by atoms with van der Waals surface area (Å²) >= 11 is 0. The van der Waals surface area contributed by atoms with Gasteiger partial charge in [0.25, 0.3) is 0 Å². The lowest BCUT2D eigenvalue weighted by atomic mass is 9.95. The van der Waals surface area contributed by atoms with Crippen LogP contribution in [0.3, 0.4) is 0 Å². The van der Waals surface area contributed by atoms with Gasteiger partial charge in [0.05, 0.1) is 18.8 Å². The molecular formula is C15H20O4. The molecule has 0 saturated heterocycles. The van der Waals surface area contributed by atoms with E-state index in [1.165, 1.54) is 0 Å². The lowest BCUT2D eigenvalue weighted by Gasteiger charge is -2.29. The van der Waals surface area contributed by atoms with Crippen LogP contribution in [0.15, 0.2) is 18.2 Å². The maximum atomic E-state index is 11.1. The molecule has 104 valence electrons. The Labute approximate surface area is 113 Å². The van der Waals surface area contributed by atoms with Crippen molar-refractivity contribution in [2.75, 3.05) is 14.2 Å². The zero-order valence-corrected chi connectivity index (χ0v) is 11.4. The van der Waals surface area contributed by atoms with Crippen LogP contribution in [0.1, 0.15) is 36.0 Å². The molecule has 1 aromatic rings. The van der Waals surface area contributed by atoms with E-state index in [0.717, 1.165) is 32.0 Å². The van der Waals surface area contributed by atoms with Gasteiger partial charge in [-0.15, -0.1) is 0 Å². The standard InChI is InChI=1S/C15H20O4/c1-17-12-4-3-5-14(9-12)19-15-7-6-13(18-2)8-11(15)10-16/h6-8,10,12,14H,3-5,9H2,1-2H3. The number of carbonyl (C=O) groups is 1. The molecule has 2 atom stereocenters. The van der Waals surface area contributed by atoms with Gasteiger partial charge in [0.15, 0.2) is 6.29 Å². The Bertz CT molecular complexity index is 430. The molecule has 0 heterocycles. The van der Waals surface area contributed by atoms with Gasteiger partial charge in [0.1, 0.15) is 17.6 Å². The number of ether oxygens (including phenoxy) is 3. The van der Waals surface area contributed by atoms with Crippen molar-refractivity contribution in [3.8, 4) is 11.5 Å². The van der Waals surface area contributed by atoms with Crippen molar-refractivity contribution in [3.05, 3.63) is 23.8 Å². The first-order valence-corrected chi connectivity index (χ1v) is 6.59. The fraction of sp³-hybridized carbons (Fsp3) is 0.533. The highest BCUT2D eigenvalue weighted by Gasteiger charge is 2.23. The van der Waals surface area contributed by atoms with E-state index < -0.39 is 0 Å². The summed E-state index contributed by atoms with van der Waals surface area (Å²) in [6.45, 7) is 0. The Balaban J connectivity index is 2.07. The average Bonchev–Trinajstić information content (AvgIpc) is 2.48. The second-order valence-electron chi connectivity index (χ2n) is 4.79. The summed E-state index contributed by atoms with van der Waals surface area (Å²) in [6, 6.07) is 5.29. The lowest BCUT2D eigenvalue weighted by Crippen LogP contribution is -2.29. The summed E-state index contributed by atoms with van der Waals surface area (Å²) in [4.78, 5) is 11.1. The Kier molecular flexibility index (Phi) is 4.80. The molecule has 0 N–H and O–H groups in total. The average molecular weight is 264 g/mol. The van der Waals surface area contributed by atoms with Crippen molar-refractivity contribution in [2.24, 2.45) is 0 Å². The minimum absolute atomic E-state index is 0.116. The number of aldehydes is 1. The van der Waals surface area contributed by atoms with E-state index in [2.05, 4.69) is 0 Å². The van der Waals surface area contributed by atoms with Gasteiger partial charge in [-0.25, -0.2) is 0 Å². The second-order valence-corrected chi connectivity index (χ2v) is 4.79. The van der Waals surface area contributed by atoms with Crippen molar-refractivity contribution in [1.82, 2.24) is 0 Å².